The van der Waals surface area contributed by atoms with Gasteiger partial charge in [-0.3, -0.25) is 9.59 Å². The fourth-order valence-corrected chi connectivity index (χ4v) is 1.92. The SMILES string of the molecule is CNC(=O)C(C)(C)CNC(=O)c1cc(N)cn1C(C)C. The third kappa shape index (κ3) is 3.53. The van der Waals surface area contributed by atoms with Gasteiger partial charge in [0.15, 0.2) is 0 Å². The van der Waals surface area contributed by atoms with Crippen LogP contribution < -0.4 is 16.4 Å². The fourth-order valence-electron chi connectivity index (χ4n) is 1.92. The largest absolute Gasteiger partial charge is 0.397 e. The van der Waals surface area contributed by atoms with Crippen LogP contribution in [-0.2, 0) is 4.79 Å². The molecule has 20 heavy (non-hydrogen) atoms. The normalized spacial score (nSPS) is 11.5. The monoisotopic (exact) mass is 280 g/mol. The lowest BCUT2D eigenvalue weighted by atomic mass is 9.92. The van der Waals surface area contributed by atoms with E-state index in [0.29, 0.717) is 11.4 Å². The minimum absolute atomic E-state index is 0.114. The van der Waals surface area contributed by atoms with Gasteiger partial charge in [-0.05, 0) is 33.8 Å². The molecule has 0 saturated heterocycles. The summed E-state index contributed by atoms with van der Waals surface area (Å²) in [4.78, 5) is 23.9. The Morgan fingerprint density at radius 2 is 2.00 bits per heavy atom. The number of hydrogen-bond acceptors (Lipinski definition) is 3. The van der Waals surface area contributed by atoms with Crippen LogP contribution in [0.4, 0.5) is 5.69 Å². The Balaban J connectivity index is 2.80. The van der Waals surface area contributed by atoms with E-state index in [1.165, 1.54) is 0 Å². The van der Waals surface area contributed by atoms with E-state index in [1.54, 1.807) is 33.2 Å². The van der Waals surface area contributed by atoms with Crippen molar-refractivity contribution in [3.63, 3.8) is 0 Å². The van der Waals surface area contributed by atoms with E-state index in [4.69, 9.17) is 5.73 Å². The molecule has 0 spiro atoms. The second kappa shape index (κ2) is 5.98. The zero-order valence-electron chi connectivity index (χ0n) is 12.8. The molecule has 112 valence electrons. The third-order valence-electron chi connectivity index (χ3n) is 3.19. The molecular formula is C14H24N4O2. The van der Waals surface area contributed by atoms with Crippen LogP contribution in [0.2, 0.25) is 0 Å². The van der Waals surface area contributed by atoms with Crippen LogP contribution in [0.5, 0.6) is 0 Å². The molecule has 0 aliphatic rings. The maximum Gasteiger partial charge on any atom is 0.268 e. The van der Waals surface area contributed by atoms with Crippen LogP contribution in [0.25, 0.3) is 0 Å². The van der Waals surface area contributed by atoms with Crippen LogP contribution in [0.3, 0.4) is 0 Å². The van der Waals surface area contributed by atoms with Gasteiger partial charge in [-0.25, -0.2) is 0 Å². The molecule has 1 aromatic rings. The number of amides is 2. The summed E-state index contributed by atoms with van der Waals surface area (Å²) in [5.74, 6) is -0.344. The van der Waals surface area contributed by atoms with Crippen molar-refractivity contribution in [3.05, 3.63) is 18.0 Å². The number of nitrogens with two attached hydrogens (primary N) is 1. The number of hydrogen-bond donors (Lipinski definition) is 3. The van der Waals surface area contributed by atoms with Crippen molar-refractivity contribution >= 4 is 17.5 Å². The molecular weight excluding hydrogens is 256 g/mol. The van der Waals surface area contributed by atoms with Crippen LogP contribution >= 0.6 is 0 Å². The highest BCUT2D eigenvalue weighted by molar-refractivity contribution is 5.94. The highest BCUT2D eigenvalue weighted by Gasteiger charge is 2.27. The average Bonchev–Trinajstić information content (AvgIpc) is 2.77. The third-order valence-corrected chi connectivity index (χ3v) is 3.19. The van der Waals surface area contributed by atoms with E-state index in [2.05, 4.69) is 10.6 Å². The molecule has 0 bridgehead atoms. The van der Waals surface area contributed by atoms with E-state index in [9.17, 15) is 9.59 Å². The first kappa shape index (κ1) is 16.1. The topological polar surface area (TPSA) is 89.2 Å². The Morgan fingerprint density at radius 1 is 1.40 bits per heavy atom. The van der Waals surface area contributed by atoms with Crippen molar-refractivity contribution in [2.24, 2.45) is 5.41 Å². The second-order valence-corrected chi connectivity index (χ2v) is 5.81. The van der Waals surface area contributed by atoms with E-state index in [0.717, 1.165) is 0 Å². The van der Waals surface area contributed by atoms with Crippen molar-refractivity contribution in [3.8, 4) is 0 Å². The molecule has 0 saturated carbocycles. The van der Waals surface area contributed by atoms with Gasteiger partial charge in [-0.2, -0.15) is 0 Å². The summed E-state index contributed by atoms with van der Waals surface area (Å²) in [5.41, 5.74) is 6.14. The van der Waals surface area contributed by atoms with E-state index >= 15 is 0 Å². The maximum atomic E-state index is 12.2. The molecule has 0 unspecified atom stereocenters. The molecule has 6 heteroatoms. The Morgan fingerprint density at radius 3 is 2.50 bits per heavy atom. The van der Waals surface area contributed by atoms with Crippen LogP contribution in [0.15, 0.2) is 12.3 Å². The van der Waals surface area contributed by atoms with Gasteiger partial charge in [-0.1, -0.05) is 0 Å². The predicted molar refractivity (Wildman–Crippen MR) is 79.4 cm³/mol. The average molecular weight is 280 g/mol. The molecule has 4 N–H and O–H groups in total. The number of nitrogens with one attached hydrogen (secondary N) is 2. The van der Waals surface area contributed by atoms with Gasteiger partial charge in [0.2, 0.25) is 5.91 Å². The number of rotatable bonds is 5. The molecule has 1 heterocycles. The zero-order chi connectivity index (χ0) is 15.5. The molecule has 0 aromatic carbocycles. The number of nitrogen functional groups attached to an aromatic ring is 1. The van der Waals surface area contributed by atoms with Gasteiger partial charge in [0, 0.05) is 25.8 Å². The van der Waals surface area contributed by atoms with Crippen LogP contribution in [-0.4, -0.2) is 30.0 Å². The maximum absolute atomic E-state index is 12.2. The number of nitrogens with zero attached hydrogens (tertiary/aromatic N) is 1. The molecule has 6 nitrogen and oxygen atoms in total. The lowest BCUT2D eigenvalue weighted by Crippen LogP contribution is -2.44. The Kier molecular flexibility index (Phi) is 4.81. The summed E-state index contributed by atoms with van der Waals surface area (Å²) < 4.78 is 1.82. The smallest absolute Gasteiger partial charge is 0.268 e. The van der Waals surface area contributed by atoms with Crippen LogP contribution in [0, 0.1) is 5.41 Å². The Bertz CT molecular complexity index is 503. The van der Waals surface area contributed by atoms with Gasteiger partial charge < -0.3 is 20.9 Å². The summed E-state index contributed by atoms with van der Waals surface area (Å²) in [6.07, 6.45) is 1.74. The summed E-state index contributed by atoms with van der Waals surface area (Å²) in [6.45, 7) is 7.77. The predicted octanol–water partition coefficient (Wildman–Crippen LogP) is 1.15. The summed E-state index contributed by atoms with van der Waals surface area (Å²) >= 11 is 0. The number of aromatic nitrogens is 1. The first-order chi connectivity index (χ1) is 9.19. The molecule has 1 rings (SSSR count). The summed E-state index contributed by atoms with van der Waals surface area (Å²) in [6, 6.07) is 1.78. The first-order valence-corrected chi connectivity index (χ1v) is 6.66. The van der Waals surface area contributed by atoms with Crippen LogP contribution in [0.1, 0.15) is 44.2 Å². The lowest BCUT2D eigenvalue weighted by molar-refractivity contribution is -0.128. The highest BCUT2D eigenvalue weighted by atomic mass is 16.2. The lowest BCUT2D eigenvalue weighted by Gasteiger charge is -2.23. The number of carbonyl (C=O) groups is 2. The first-order valence-electron chi connectivity index (χ1n) is 6.66. The summed E-state index contributed by atoms with van der Waals surface area (Å²) in [7, 11) is 1.58. The molecule has 2 amide bonds. The van der Waals surface area contributed by atoms with Crippen molar-refractivity contribution in [1.29, 1.82) is 0 Å². The Labute approximate surface area is 119 Å². The molecule has 0 aliphatic heterocycles. The molecule has 0 aliphatic carbocycles. The number of carbonyl (C=O) groups excluding carboxylic acids is 2. The van der Waals surface area contributed by atoms with Crippen molar-refractivity contribution in [2.45, 2.75) is 33.7 Å². The van der Waals surface area contributed by atoms with E-state index in [-0.39, 0.29) is 24.4 Å². The van der Waals surface area contributed by atoms with Crippen molar-refractivity contribution in [2.75, 3.05) is 19.3 Å². The van der Waals surface area contributed by atoms with Gasteiger partial charge >= 0.3 is 0 Å². The fraction of sp³-hybridized carbons (Fsp3) is 0.571. The minimum atomic E-state index is -0.661. The summed E-state index contributed by atoms with van der Waals surface area (Å²) in [5, 5.41) is 5.37. The van der Waals surface area contributed by atoms with Gasteiger partial charge in [0.1, 0.15) is 5.69 Å². The van der Waals surface area contributed by atoms with Crippen molar-refractivity contribution in [1.82, 2.24) is 15.2 Å². The van der Waals surface area contributed by atoms with Gasteiger partial charge in [0.25, 0.3) is 5.91 Å². The standard InChI is InChI=1S/C14H24N4O2/c1-9(2)18-7-10(15)6-11(18)12(19)17-8-14(3,4)13(20)16-5/h6-7,9H,8,15H2,1-5H3,(H,16,20)(H,17,19). The quantitative estimate of drug-likeness (QED) is 0.756. The second-order valence-electron chi connectivity index (χ2n) is 5.81. The highest BCUT2D eigenvalue weighted by Crippen LogP contribution is 2.18. The van der Waals surface area contributed by atoms with E-state index < -0.39 is 5.41 Å². The molecule has 0 atom stereocenters. The number of anilines is 1. The minimum Gasteiger partial charge on any atom is -0.397 e. The van der Waals surface area contributed by atoms with Gasteiger partial charge in [0.05, 0.1) is 11.1 Å². The van der Waals surface area contributed by atoms with E-state index in [1.807, 2.05) is 18.4 Å². The molecule has 0 fully saturated rings. The Hall–Kier alpha value is -1.98. The molecule has 0 radical (unpaired) electrons. The zero-order valence-corrected chi connectivity index (χ0v) is 12.8. The molecule has 1 aromatic heterocycles. The van der Waals surface area contributed by atoms with Crippen molar-refractivity contribution < 1.29 is 9.59 Å². The van der Waals surface area contributed by atoms with Gasteiger partial charge in [-0.15, -0.1) is 0 Å².